The van der Waals surface area contributed by atoms with Gasteiger partial charge in [0.15, 0.2) is 0 Å². The molecule has 2 aliphatic heterocycles. The van der Waals surface area contributed by atoms with Crippen molar-refractivity contribution in [3.63, 3.8) is 0 Å². The molecule has 0 unspecified atom stereocenters. The summed E-state index contributed by atoms with van der Waals surface area (Å²) in [6.07, 6.45) is 1.71. The number of carbonyl (C=O) groups excluding carboxylic acids is 1. The minimum atomic E-state index is -0.160. The minimum absolute atomic E-state index is 0.160. The van der Waals surface area contributed by atoms with Crippen LogP contribution in [0.1, 0.15) is 26.6 Å². The molecule has 8 heteroatoms. The number of morpholine rings is 1. The number of hydrogen-bond acceptors (Lipinski definition) is 7. The first kappa shape index (κ1) is 18.1. The Morgan fingerprint density at radius 2 is 2.00 bits per heavy atom. The normalized spacial score (nSPS) is 15.9. The van der Waals surface area contributed by atoms with Gasteiger partial charge < -0.3 is 19.4 Å². The standard InChI is InChI=1S/C21H20N4O3S/c1-13-11-23-21(28-13)17-10-15-12-22-19(18(15)29-17)24-20(26)14-2-4-16(5-3-14)25-6-8-27-9-7-25/h2-5,10-11H,6-9,12H2,1H3,(H,22,24,26). The van der Waals surface area contributed by atoms with Crippen LogP contribution in [0.5, 0.6) is 0 Å². The number of rotatable bonds is 3. The van der Waals surface area contributed by atoms with E-state index in [0.717, 1.165) is 53.1 Å². The van der Waals surface area contributed by atoms with E-state index in [2.05, 4.69) is 20.2 Å². The van der Waals surface area contributed by atoms with Crippen LogP contribution < -0.4 is 10.2 Å². The highest BCUT2D eigenvalue weighted by Gasteiger charge is 2.24. The van der Waals surface area contributed by atoms with E-state index in [1.54, 1.807) is 6.20 Å². The number of carbonyl (C=O) groups is 1. The predicted molar refractivity (Wildman–Crippen MR) is 112 cm³/mol. The molecular weight excluding hydrogens is 388 g/mol. The first-order chi connectivity index (χ1) is 14.2. The lowest BCUT2D eigenvalue weighted by atomic mass is 10.1. The molecule has 5 rings (SSSR count). The summed E-state index contributed by atoms with van der Waals surface area (Å²) in [6.45, 7) is 5.64. The highest BCUT2D eigenvalue weighted by Crippen LogP contribution is 2.34. The summed E-state index contributed by atoms with van der Waals surface area (Å²) in [6, 6.07) is 9.70. The van der Waals surface area contributed by atoms with Crippen LogP contribution in [0.2, 0.25) is 0 Å². The second-order valence-electron chi connectivity index (χ2n) is 7.01. The molecule has 0 bridgehead atoms. The smallest absolute Gasteiger partial charge is 0.256 e. The van der Waals surface area contributed by atoms with E-state index >= 15 is 0 Å². The Kier molecular flexibility index (Phi) is 4.65. The van der Waals surface area contributed by atoms with Crippen molar-refractivity contribution in [1.29, 1.82) is 0 Å². The molecule has 0 aliphatic carbocycles. The highest BCUT2D eigenvalue weighted by molar-refractivity contribution is 7.17. The van der Waals surface area contributed by atoms with Crippen molar-refractivity contribution < 1.29 is 13.9 Å². The van der Waals surface area contributed by atoms with Gasteiger partial charge in [0.1, 0.15) is 11.6 Å². The van der Waals surface area contributed by atoms with Gasteiger partial charge in [-0.2, -0.15) is 0 Å². The number of oxazole rings is 1. The van der Waals surface area contributed by atoms with Gasteiger partial charge >= 0.3 is 0 Å². The van der Waals surface area contributed by atoms with E-state index in [-0.39, 0.29) is 5.91 Å². The maximum absolute atomic E-state index is 12.7. The van der Waals surface area contributed by atoms with Gasteiger partial charge in [0.25, 0.3) is 5.91 Å². The molecule has 29 heavy (non-hydrogen) atoms. The zero-order chi connectivity index (χ0) is 19.8. The Balaban J connectivity index is 1.29. The molecule has 4 heterocycles. The molecule has 1 amide bonds. The first-order valence-electron chi connectivity index (χ1n) is 9.52. The van der Waals surface area contributed by atoms with Crippen LogP contribution in [0.15, 0.2) is 45.9 Å². The molecule has 3 aromatic rings. The highest BCUT2D eigenvalue weighted by atomic mass is 32.1. The quantitative estimate of drug-likeness (QED) is 0.720. The fourth-order valence-electron chi connectivity index (χ4n) is 3.48. The number of fused-ring (bicyclic) bond motifs is 1. The van der Waals surface area contributed by atoms with Gasteiger partial charge in [-0.15, -0.1) is 11.3 Å². The van der Waals surface area contributed by atoms with Crippen molar-refractivity contribution in [2.75, 3.05) is 31.2 Å². The topological polar surface area (TPSA) is 80.0 Å². The maximum Gasteiger partial charge on any atom is 0.256 e. The van der Waals surface area contributed by atoms with E-state index < -0.39 is 0 Å². The summed E-state index contributed by atoms with van der Waals surface area (Å²) >= 11 is 1.53. The Hall–Kier alpha value is -2.97. The predicted octanol–water partition coefficient (Wildman–Crippen LogP) is 3.24. The second kappa shape index (κ2) is 7.46. The number of aliphatic imine (C=N–C) groups is 1. The number of nitrogens with one attached hydrogen (secondary N) is 1. The number of aromatic nitrogens is 1. The number of ether oxygens (including phenoxy) is 1. The van der Waals surface area contributed by atoms with E-state index in [9.17, 15) is 4.79 Å². The molecule has 2 aromatic heterocycles. The zero-order valence-corrected chi connectivity index (χ0v) is 16.8. The fourth-order valence-corrected chi connectivity index (χ4v) is 4.55. The summed E-state index contributed by atoms with van der Waals surface area (Å²) < 4.78 is 11.0. The number of anilines is 1. The summed E-state index contributed by atoms with van der Waals surface area (Å²) in [7, 11) is 0. The van der Waals surface area contributed by atoms with E-state index in [1.165, 1.54) is 11.3 Å². The average Bonchev–Trinajstić information content (AvgIpc) is 3.46. The van der Waals surface area contributed by atoms with Crippen LogP contribution >= 0.6 is 11.3 Å². The second-order valence-corrected chi connectivity index (χ2v) is 8.06. The van der Waals surface area contributed by atoms with Gasteiger partial charge in [-0.05, 0) is 42.8 Å². The maximum atomic E-state index is 12.7. The zero-order valence-electron chi connectivity index (χ0n) is 16.0. The van der Waals surface area contributed by atoms with Crippen LogP contribution in [-0.2, 0) is 11.3 Å². The molecule has 1 fully saturated rings. The summed E-state index contributed by atoms with van der Waals surface area (Å²) in [5.41, 5.74) is 2.80. The third-order valence-corrected chi connectivity index (χ3v) is 6.17. The lowest BCUT2D eigenvalue weighted by molar-refractivity contribution is 0.0977. The lowest BCUT2D eigenvalue weighted by Gasteiger charge is -2.28. The molecule has 1 saturated heterocycles. The third-order valence-electron chi connectivity index (χ3n) is 5.00. The van der Waals surface area contributed by atoms with Gasteiger partial charge in [-0.25, -0.2) is 4.98 Å². The van der Waals surface area contributed by atoms with E-state index in [1.807, 2.05) is 37.3 Å². The monoisotopic (exact) mass is 408 g/mol. The fraction of sp³-hybridized carbons (Fsp3) is 0.286. The van der Waals surface area contributed by atoms with Gasteiger partial charge in [0.2, 0.25) is 5.89 Å². The summed E-state index contributed by atoms with van der Waals surface area (Å²) in [4.78, 5) is 25.7. The molecule has 0 saturated carbocycles. The summed E-state index contributed by atoms with van der Waals surface area (Å²) in [5, 5.41) is 2.96. The van der Waals surface area contributed by atoms with Crippen LogP contribution in [0.3, 0.4) is 0 Å². The number of amides is 1. The Morgan fingerprint density at radius 3 is 2.72 bits per heavy atom. The van der Waals surface area contributed by atoms with Crippen molar-refractivity contribution >= 4 is 28.8 Å². The molecule has 0 radical (unpaired) electrons. The van der Waals surface area contributed by atoms with Gasteiger partial charge in [0.05, 0.1) is 35.7 Å². The minimum Gasteiger partial charge on any atom is -0.441 e. The molecule has 148 valence electrons. The molecule has 0 spiro atoms. The lowest BCUT2D eigenvalue weighted by Crippen LogP contribution is -2.36. The number of nitrogens with zero attached hydrogens (tertiary/aromatic N) is 3. The largest absolute Gasteiger partial charge is 0.441 e. The average molecular weight is 408 g/mol. The van der Waals surface area contributed by atoms with Crippen molar-refractivity contribution in [3.8, 4) is 10.8 Å². The van der Waals surface area contributed by atoms with Crippen LogP contribution in [-0.4, -0.2) is 43.0 Å². The number of thiophene rings is 1. The number of benzene rings is 1. The SMILES string of the molecule is Cc1cnc(-c2cc3c(s2)C(NC(=O)c2ccc(N4CCOCC4)cc2)=NC3)o1. The summed E-state index contributed by atoms with van der Waals surface area (Å²) in [5.74, 6) is 1.83. The number of hydrogen-bond donors (Lipinski definition) is 1. The number of amidine groups is 1. The third kappa shape index (κ3) is 3.56. The van der Waals surface area contributed by atoms with E-state index in [4.69, 9.17) is 9.15 Å². The van der Waals surface area contributed by atoms with Gasteiger partial charge in [-0.3, -0.25) is 9.79 Å². The Morgan fingerprint density at radius 1 is 1.21 bits per heavy atom. The van der Waals surface area contributed by atoms with Crippen molar-refractivity contribution in [2.24, 2.45) is 4.99 Å². The molecule has 0 atom stereocenters. The van der Waals surface area contributed by atoms with E-state index in [0.29, 0.717) is 23.8 Å². The van der Waals surface area contributed by atoms with Gasteiger partial charge in [0, 0.05) is 24.3 Å². The molecular formula is C21H20N4O3S. The van der Waals surface area contributed by atoms with Crippen molar-refractivity contribution in [3.05, 3.63) is 58.3 Å². The van der Waals surface area contributed by atoms with Gasteiger partial charge in [-0.1, -0.05) is 0 Å². The van der Waals surface area contributed by atoms with Crippen molar-refractivity contribution in [1.82, 2.24) is 10.3 Å². The Labute approximate surface area is 172 Å². The molecule has 1 aromatic carbocycles. The number of aryl methyl sites for hydroxylation is 1. The molecule has 1 N–H and O–H groups in total. The molecule has 2 aliphatic rings. The van der Waals surface area contributed by atoms with Crippen LogP contribution in [0, 0.1) is 6.92 Å². The van der Waals surface area contributed by atoms with Crippen LogP contribution in [0.4, 0.5) is 5.69 Å². The van der Waals surface area contributed by atoms with Crippen molar-refractivity contribution in [2.45, 2.75) is 13.5 Å². The molecule has 7 nitrogen and oxygen atoms in total. The van der Waals surface area contributed by atoms with Crippen LogP contribution in [0.25, 0.3) is 10.8 Å². The Bertz CT molecular complexity index is 1080. The first-order valence-corrected chi connectivity index (χ1v) is 10.3.